The van der Waals surface area contributed by atoms with Gasteiger partial charge in [-0.1, -0.05) is 4.49 Å². The first-order valence-electron chi connectivity index (χ1n) is 8.91. The van der Waals surface area contributed by atoms with Crippen molar-refractivity contribution in [2.45, 2.75) is 19.4 Å². The molecule has 11 heteroatoms. The average molecular weight is 434 g/mol. The lowest BCUT2D eigenvalue weighted by atomic mass is 10.1. The summed E-state index contributed by atoms with van der Waals surface area (Å²) in [5.41, 5.74) is 2.00. The number of nitrogens with one attached hydrogen (secondary N) is 1. The number of ether oxygens (including phenoxy) is 1. The molecule has 1 atom stereocenters. The van der Waals surface area contributed by atoms with Crippen LogP contribution in [0.2, 0.25) is 0 Å². The Kier molecular flexibility index (Phi) is 5.09. The van der Waals surface area contributed by atoms with Crippen LogP contribution in [-0.2, 0) is 9.84 Å². The number of hydrogen-bond acceptors (Lipinski definition) is 8. The Morgan fingerprint density at radius 3 is 2.66 bits per heavy atom. The Labute approximate surface area is 171 Å². The first-order valence-corrected chi connectivity index (χ1v) is 11.5. The molecule has 0 radical (unpaired) electrons. The number of amides is 1. The molecule has 0 saturated carbocycles. The molecule has 3 heterocycles. The van der Waals surface area contributed by atoms with E-state index in [0.29, 0.717) is 28.5 Å². The molecule has 1 amide bonds. The van der Waals surface area contributed by atoms with Gasteiger partial charge in [0.25, 0.3) is 5.91 Å². The average Bonchev–Trinajstić information content (AvgIpc) is 3.40. The highest BCUT2D eigenvalue weighted by Crippen LogP contribution is 2.31. The zero-order valence-electron chi connectivity index (χ0n) is 15.8. The molecular formula is C18H19N5O4S2. The lowest BCUT2D eigenvalue weighted by Crippen LogP contribution is -2.19. The van der Waals surface area contributed by atoms with Crippen LogP contribution < -0.4 is 10.1 Å². The van der Waals surface area contributed by atoms with Gasteiger partial charge in [-0.2, -0.15) is 5.10 Å². The lowest BCUT2D eigenvalue weighted by molar-refractivity contribution is 0.102. The van der Waals surface area contributed by atoms with Gasteiger partial charge in [0.05, 0.1) is 36.0 Å². The first-order chi connectivity index (χ1) is 13.9. The van der Waals surface area contributed by atoms with Gasteiger partial charge in [0.1, 0.15) is 16.4 Å². The van der Waals surface area contributed by atoms with Gasteiger partial charge < -0.3 is 10.1 Å². The summed E-state index contributed by atoms with van der Waals surface area (Å²) in [6.45, 7) is 1.71. The van der Waals surface area contributed by atoms with Gasteiger partial charge in [-0.25, -0.2) is 13.1 Å². The van der Waals surface area contributed by atoms with Gasteiger partial charge in [-0.15, -0.1) is 5.10 Å². The molecule has 152 valence electrons. The number of benzene rings is 1. The van der Waals surface area contributed by atoms with Crippen LogP contribution in [-0.4, -0.2) is 52.3 Å². The molecule has 1 aliphatic heterocycles. The summed E-state index contributed by atoms with van der Waals surface area (Å²) in [6.07, 6.45) is 0.454. The monoisotopic (exact) mass is 433 g/mol. The second-order valence-electron chi connectivity index (χ2n) is 6.79. The predicted molar refractivity (Wildman–Crippen MR) is 109 cm³/mol. The second kappa shape index (κ2) is 7.56. The van der Waals surface area contributed by atoms with Crippen LogP contribution >= 0.6 is 11.5 Å². The molecule has 29 heavy (non-hydrogen) atoms. The van der Waals surface area contributed by atoms with Crippen LogP contribution in [0.4, 0.5) is 5.82 Å². The molecular weight excluding hydrogens is 414 g/mol. The van der Waals surface area contributed by atoms with Crippen molar-refractivity contribution < 1.29 is 17.9 Å². The summed E-state index contributed by atoms with van der Waals surface area (Å²) >= 11 is 1.01. The number of anilines is 1. The van der Waals surface area contributed by atoms with E-state index in [2.05, 4.69) is 20.0 Å². The Morgan fingerprint density at radius 1 is 1.31 bits per heavy atom. The van der Waals surface area contributed by atoms with E-state index >= 15 is 0 Å². The van der Waals surface area contributed by atoms with Crippen LogP contribution in [0.3, 0.4) is 0 Å². The van der Waals surface area contributed by atoms with Crippen molar-refractivity contribution in [3.05, 3.63) is 40.9 Å². The quantitative estimate of drug-likeness (QED) is 0.656. The highest BCUT2D eigenvalue weighted by atomic mass is 32.2. The standard InChI is InChI=1S/C18H19N5O4S2/c1-11-17(28-22-20-11)18(24)19-16-9-15(12-3-5-14(27-2)6-4-12)21-23(16)13-7-8-29(25,26)10-13/h3-6,9,13H,7-8,10H2,1-2H3,(H,19,24)/t13-/m1/s1. The van der Waals surface area contributed by atoms with Crippen molar-refractivity contribution in [2.24, 2.45) is 0 Å². The third-order valence-corrected chi connectivity index (χ3v) is 7.35. The van der Waals surface area contributed by atoms with Crippen molar-refractivity contribution in [3.63, 3.8) is 0 Å². The van der Waals surface area contributed by atoms with Gasteiger partial charge in [-0.3, -0.25) is 4.79 Å². The zero-order chi connectivity index (χ0) is 20.6. The van der Waals surface area contributed by atoms with Gasteiger partial charge in [0.2, 0.25) is 0 Å². The number of aryl methyl sites for hydroxylation is 1. The van der Waals surface area contributed by atoms with Crippen LogP contribution in [0, 0.1) is 6.92 Å². The summed E-state index contributed by atoms with van der Waals surface area (Å²) in [7, 11) is -1.52. The highest BCUT2D eigenvalue weighted by molar-refractivity contribution is 7.91. The van der Waals surface area contributed by atoms with Crippen molar-refractivity contribution in [2.75, 3.05) is 23.9 Å². The molecule has 0 aliphatic carbocycles. The molecule has 1 aromatic carbocycles. The minimum absolute atomic E-state index is 0.000738. The molecule has 3 aromatic rings. The smallest absolute Gasteiger partial charge is 0.270 e. The molecule has 1 N–H and O–H groups in total. The number of carbonyl (C=O) groups is 1. The van der Waals surface area contributed by atoms with E-state index in [9.17, 15) is 13.2 Å². The van der Waals surface area contributed by atoms with Crippen molar-refractivity contribution in [3.8, 4) is 17.0 Å². The first kappa shape index (κ1) is 19.5. The van der Waals surface area contributed by atoms with E-state index < -0.39 is 9.84 Å². The van der Waals surface area contributed by atoms with E-state index in [-0.39, 0.29) is 23.5 Å². The summed E-state index contributed by atoms with van der Waals surface area (Å²) in [6, 6.07) is 8.77. The Balaban J connectivity index is 1.70. The van der Waals surface area contributed by atoms with E-state index in [1.165, 1.54) is 0 Å². The third kappa shape index (κ3) is 4.01. The minimum Gasteiger partial charge on any atom is -0.497 e. The third-order valence-electron chi connectivity index (χ3n) is 4.78. The fourth-order valence-corrected chi connectivity index (χ4v) is 5.49. The van der Waals surface area contributed by atoms with E-state index in [1.54, 1.807) is 24.8 Å². The summed E-state index contributed by atoms with van der Waals surface area (Å²) in [5.74, 6) is 0.926. The molecule has 9 nitrogen and oxygen atoms in total. The van der Waals surface area contributed by atoms with Crippen molar-refractivity contribution in [1.82, 2.24) is 19.4 Å². The number of nitrogens with zero attached hydrogens (tertiary/aromatic N) is 4. The molecule has 0 spiro atoms. The maximum Gasteiger partial charge on any atom is 0.270 e. The fourth-order valence-electron chi connectivity index (χ4n) is 3.25. The Bertz CT molecular complexity index is 1150. The normalized spacial score (nSPS) is 17.9. The molecule has 0 unspecified atom stereocenters. The summed E-state index contributed by atoms with van der Waals surface area (Å²) in [4.78, 5) is 13.1. The Hall–Kier alpha value is -2.79. The molecule has 1 aliphatic rings. The van der Waals surface area contributed by atoms with Gasteiger partial charge in [-0.05, 0) is 49.1 Å². The number of carbonyl (C=O) groups excluding carboxylic acids is 1. The van der Waals surface area contributed by atoms with E-state index in [0.717, 1.165) is 22.8 Å². The van der Waals surface area contributed by atoms with Crippen LogP contribution in [0.1, 0.15) is 27.8 Å². The summed E-state index contributed by atoms with van der Waals surface area (Å²) in [5, 5.41) is 11.3. The SMILES string of the molecule is COc1ccc(-c2cc(NC(=O)c3snnc3C)n([C@@H]3CCS(=O)(=O)C3)n2)cc1. The minimum atomic E-state index is -3.11. The molecule has 1 fully saturated rings. The number of rotatable bonds is 5. The van der Waals surface area contributed by atoms with Crippen molar-refractivity contribution in [1.29, 1.82) is 0 Å². The number of sulfone groups is 1. The topological polar surface area (TPSA) is 116 Å². The molecule has 4 rings (SSSR count). The number of hydrogen-bond donors (Lipinski definition) is 1. The fraction of sp³-hybridized carbons (Fsp3) is 0.333. The van der Waals surface area contributed by atoms with Crippen molar-refractivity contribution >= 4 is 33.1 Å². The van der Waals surface area contributed by atoms with Gasteiger partial charge in [0.15, 0.2) is 9.84 Å². The van der Waals surface area contributed by atoms with Crippen LogP contribution in [0.5, 0.6) is 5.75 Å². The van der Waals surface area contributed by atoms with Gasteiger partial charge in [0, 0.05) is 11.6 Å². The number of methoxy groups -OCH3 is 1. The molecule has 0 bridgehead atoms. The maximum absolute atomic E-state index is 12.7. The highest BCUT2D eigenvalue weighted by Gasteiger charge is 2.32. The number of aromatic nitrogens is 4. The second-order valence-corrected chi connectivity index (χ2v) is 9.77. The van der Waals surface area contributed by atoms with E-state index in [1.807, 2.05) is 24.3 Å². The Morgan fingerprint density at radius 2 is 2.07 bits per heavy atom. The summed E-state index contributed by atoms with van der Waals surface area (Å²) < 4.78 is 34.5. The van der Waals surface area contributed by atoms with Gasteiger partial charge >= 0.3 is 0 Å². The van der Waals surface area contributed by atoms with E-state index in [4.69, 9.17) is 4.74 Å². The van der Waals surface area contributed by atoms with Crippen LogP contribution in [0.15, 0.2) is 30.3 Å². The molecule has 1 saturated heterocycles. The largest absolute Gasteiger partial charge is 0.497 e. The zero-order valence-corrected chi connectivity index (χ0v) is 17.5. The maximum atomic E-state index is 12.7. The molecule has 2 aromatic heterocycles. The lowest BCUT2D eigenvalue weighted by Gasteiger charge is -2.13. The van der Waals surface area contributed by atoms with Crippen LogP contribution in [0.25, 0.3) is 11.3 Å². The predicted octanol–water partition coefficient (Wildman–Crippen LogP) is 2.33.